The normalized spacial score (nSPS) is 14.5. The van der Waals surface area contributed by atoms with Gasteiger partial charge in [0, 0.05) is 31.4 Å². The Bertz CT molecular complexity index is 697. The molecule has 0 radical (unpaired) electrons. The summed E-state index contributed by atoms with van der Waals surface area (Å²) in [5.74, 6) is 1.67. The van der Waals surface area contributed by atoms with Crippen molar-refractivity contribution in [2.75, 3.05) is 19.8 Å². The molecule has 1 aromatic heterocycles. The Kier molecular flexibility index (Phi) is 3.60. The van der Waals surface area contributed by atoms with E-state index in [1.54, 1.807) is 11.8 Å². The molecule has 5 heteroatoms. The van der Waals surface area contributed by atoms with Crippen LogP contribution in [0.3, 0.4) is 0 Å². The molecule has 2 heterocycles. The van der Waals surface area contributed by atoms with Gasteiger partial charge in [-0.25, -0.2) is 9.97 Å². The summed E-state index contributed by atoms with van der Waals surface area (Å²) in [5.41, 5.74) is 0.935. The number of hydrogen-bond acceptors (Lipinski definition) is 5. The number of nitrogens with zero attached hydrogens (tertiary/aromatic N) is 3. The zero-order valence-corrected chi connectivity index (χ0v) is 12.2. The number of ether oxygens (including phenoxy) is 1. The van der Waals surface area contributed by atoms with Gasteiger partial charge >= 0.3 is 0 Å². The van der Waals surface area contributed by atoms with Crippen molar-refractivity contribution < 1.29 is 4.74 Å². The van der Waals surface area contributed by atoms with Crippen LogP contribution in [0.15, 0.2) is 53.7 Å². The molecule has 20 heavy (non-hydrogen) atoms. The lowest BCUT2D eigenvalue weighted by molar-refractivity contribution is 0.416. The van der Waals surface area contributed by atoms with Gasteiger partial charge in [0.25, 0.3) is 0 Å². The Morgan fingerprint density at radius 1 is 1.35 bits per heavy atom. The molecule has 0 atom stereocenters. The predicted molar refractivity (Wildman–Crippen MR) is 81.8 cm³/mol. The maximum atomic E-state index is 5.86. The molecular weight excluding hydrogens is 270 g/mol. The fraction of sp³-hybridized carbons (Fsp3) is 0.200. The minimum Gasteiger partial charge on any atom is -0.458 e. The van der Waals surface area contributed by atoms with Crippen molar-refractivity contribution in [1.29, 1.82) is 0 Å². The summed E-state index contributed by atoms with van der Waals surface area (Å²) in [6.45, 7) is 0.861. The van der Waals surface area contributed by atoms with Gasteiger partial charge in [0.15, 0.2) is 5.16 Å². The molecule has 0 spiro atoms. The minimum absolute atomic E-state index is 0.784. The predicted octanol–water partition coefficient (Wildman–Crippen LogP) is 3.07. The molecule has 1 aliphatic rings. The topological polar surface area (TPSA) is 38.2 Å². The van der Waals surface area contributed by atoms with Crippen molar-refractivity contribution in [3.8, 4) is 5.75 Å². The molecule has 0 saturated carbocycles. The van der Waals surface area contributed by atoms with Crippen molar-refractivity contribution in [2.45, 2.75) is 5.16 Å². The van der Waals surface area contributed by atoms with Gasteiger partial charge in [-0.3, -0.25) is 0 Å². The molecule has 0 bridgehead atoms. The van der Waals surface area contributed by atoms with Gasteiger partial charge in [0.2, 0.25) is 0 Å². The molecule has 0 fully saturated rings. The second kappa shape index (κ2) is 5.54. The lowest BCUT2D eigenvalue weighted by Crippen LogP contribution is -2.15. The molecule has 0 aliphatic carbocycles. The Hall–Kier alpha value is -2.01. The molecule has 2 aromatic rings. The van der Waals surface area contributed by atoms with Crippen LogP contribution in [0.25, 0.3) is 10.9 Å². The lowest BCUT2D eigenvalue weighted by atomic mass is 10.2. The molecule has 4 nitrogen and oxygen atoms in total. The molecule has 0 N–H and O–H groups in total. The van der Waals surface area contributed by atoms with E-state index in [2.05, 4.69) is 20.9 Å². The average Bonchev–Trinajstić information content (AvgIpc) is 2.49. The van der Waals surface area contributed by atoms with Gasteiger partial charge in [-0.1, -0.05) is 11.8 Å². The summed E-state index contributed by atoms with van der Waals surface area (Å²) in [6, 6.07) is 5.87. The quantitative estimate of drug-likeness (QED) is 0.640. The highest BCUT2D eigenvalue weighted by Gasteiger charge is 2.05. The summed E-state index contributed by atoms with van der Waals surface area (Å²) in [5, 5.41) is 1.77. The van der Waals surface area contributed by atoms with E-state index in [4.69, 9.17) is 4.74 Å². The first-order chi connectivity index (χ1) is 9.74. The molecule has 0 amide bonds. The number of rotatable bonds is 3. The monoisotopic (exact) mass is 285 g/mol. The van der Waals surface area contributed by atoms with Crippen LogP contribution in [0.1, 0.15) is 0 Å². The first-order valence-electron chi connectivity index (χ1n) is 6.32. The lowest BCUT2D eigenvalue weighted by Gasteiger charge is -2.17. The Morgan fingerprint density at radius 2 is 2.25 bits per heavy atom. The molecule has 102 valence electrons. The number of allylic oxidation sites excluding steroid dienone is 1. The Morgan fingerprint density at radius 3 is 3.00 bits per heavy atom. The summed E-state index contributed by atoms with van der Waals surface area (Å²) >= 11 is 1.54. The van der Waals surface area contributed by atoms with E-state index in [1.165, 1.54) is 0 Å². The van der Waals surface area contributed by atoms with Gasteiger partial charge in [-0.15, -0.1) is 0 Å². The highest BCUT2D eigenvalue weighted by atomic mass is 32.2. The summed E-state index contributed by atoms with van der Waals surface area (Å²) in [7, 11) is 2.03. The fourth-order valence-electron chi connectivity index (χ4n) is 1.93. The van der Waals surface area contributed by atoms with Crippen LogP contribution in [0.5, 0.6) is 5.75 Å². The van der Waals surface area contributed by atoms with E-state index < -0.39 is 0 Å². The fourth-order valence-corrected chi connectivity index (χ4v) is 2.28. The second-order valence-corrected chi connectivity index (χ2v) is 5.31. The summed E-state index contributed by atoms with van der Waals surface area (Å²) in [6.07, 6.45) is 9.82. The van der Waals surface area contributed by atoms with Crippen LogP contribution in [0.2, 0.25) is 0 Å². The van der Waals surface area contributed by atoms with Crippen LogP contribution in [-0.2, 0) is 0 Å². The van der Waals surface area contributed by atoms with Gasteiger partial charge in [0.05, 0.1) is 5.52 Å². The van der Waals surface area contributed by atoms with E-state index >= 15 is 0 Å². The maximum Gasteiger partial charge on any atom is 0.187 e. The van der Waals surface area contributed by atoms with E-state index in [1.807, 2.05) is 50.0 Å². The van der Waals surface area contributed by atoms with Gasteiger partial charge in [-0.05, 0) is 36.6 Å². The highest BCUT2D eigenvalue weighted by Crippen LogP contribution is 2.23. The van der Waals surface area contributed by atoms with Gasteiger partial charge < -0.3 is 9.64 Å². The number of thioether (sulfide) groups is 1. The Balaban J connectivity index is 1.84. The third kappa shape index (κ3) is 2.77. The first kappa shape index (κ1) is 13.0. The number of benzene rings is 1. The van der Waals surface area contributed by atoms with E-state index in [0.717, 1.165) is 34.1 Å². The summed E-state index contributed by atoms with van der Waals surface area (Å²) < 4.78 is 5.86. The number of hydrogen-bond donors (Lipinski definition) is 0. The third-order valence-electron chi connectivity index (χ3n) is 3.02. The van der Waals surface area contributed by atoms with Crippen LogP contribution in [0, 0.1) is 0 Å². The van der Waals surface area contributed by atoms with Gasteiger partial charge in [-0.2, -0.15) is 0 Å². The second-order valence-electron chi connectivity index (χ2n) is 4.54. The van der Waals surface area contributed by atoms with Crippen LogP contribution in [-0.4, -0.2) is 34.7 Å². The minimum atomic E-state index is 0.784. The van der Waals surface area contributed by atoms with Crippen molar-refractivity contribution in [3.63, 3.8) is 0 Å². The standard InChI is InChI=1S/C15H15N3OS/c1-18-7-5-12(6-8-18)19-13-3-4-14-11(9-13)10-16-15(17-14)20-2/h3-7,9-10H,8H2,1-2H3. The van der Waals surface area contributed by atoms with Gasteiger partial charge in [0.1, 0.15) is 11.5 Å². The zero-order valence-electron chi connectivity index (χ0n) is 11.4. The van der Waals surface area contributed by atoms with Crippen molar-refractivity contribution in [3.05, 3.63) is 48.5 Å². The van der Waals surface area contributed by atoms with Crippen LogP contribution in [0.4, 0.5) is 0 Å². The SMILES string of the molecule is CSc1ncc2cc(OC3=CCN(C)C=C3)ccc2n1. The number of aromatic nitrogens is 2. The number of likely N-dealkylation sites (N-methyl/N-ethyl adjacent to an activating group) is 1. The third-order valence-corrected chi connectivity index (χ3v) is 3.58. The van der Waals surface area contributed by atoms with Crippen LogP contribution >= 0.6 is 11.8 Å². The highest BCUT2D eigenvalue weighted by molar-refractivity contribution is 7.98. The van der Waals surface area contributed by atoms with Crippen LogP contribution < -0.4 is 4.74 Å². The summed E-state index contributed by atoms with van der Waals surface area (Å²) in [4.78, 5) is 10.8. The van der Waals surface area contributed by atoms with Crippen molar-refractivity contribution in [1.82, 2.24) is 14.9 Å². The molecule has 3 rings (SSSR count). The molecule has 0 unspecified atom stereocenters. The largest absolute Gasteiger partial charge is 0.458 e. The molecular formula is C15H15N3OS. The van der Waals surface area contributed by atoms with Crippen molar-refractivity contribution >= 4 is 22.7 Å². The Labute approximate surface area is 122 Å². The number of fused-ring (bicyclic) bond motifs is 1. The van der Waals surface area contributed by atoms with Crippen molar-refractivity contribution in [2.24, 2.45) is 0 Å². The smallest absolute Gasteiger partial charge is 0.187 e. The average molecular weight is 285 g/mol. The van der Waals surface area contributed by atoms with E-state index in [9.17, 15) is 0 Å². The van der Waals surface area contributed by atoms with E-state index in [-0.39, 0.29) is 0 Å². The molecule has 0 saturated heterocycles. The molecule has 1 aromatic carbocycles. The zero-order chi connectivity index (χ0) is 13.9. The van der Waals surface area contributed by atoms with E-state index in [0.29, 0.717) is 0 Å². The molecule has 1 aliphatic heterocycles. The maximum absolute atomic E-state index is 5.86. The first-order valence-corrected chi connectivity index (χ1v) is 7.54.